The van der Waals surface area contributed by atoms with Gasteiger partial charge >= 0.3 is 0 Å². The fraction of sp³-hybridized carbons (Fsp3) is 0.692. The average molecular weight is 401 g/mol. The SMILES string of the molecule is Cc1sc(Br)cc1S(=O)(=O)NCC1(CCl)CCCCC1. The first-order valence-electron chi connectivity index (χ1n) is 6.70. The van der Waals surface area contributed by atoms with Gasteiger partial charge in [0.15, 0.2) is 0 Å². The van der Waals surface area contributed by atoms with E-state index < -0.39 is 10.0 Å². The smallest absolute Gasteiger partial charge is 0.211 e. The van der Waals surface area contributed by atoms with Crippen molar-refractivity contribution in [2.75, 3.05) is 12.4 Å². The molecule has 1 aromatic rings. The molecule has 1 aromatic heterocycles. The summed E-state index contributed by atoms with van der Waals surface area (Å²) in [6, 6.07) is 1.66. The van der Waals surface area contributed by atoms with Crippen LogP contribution in [-0.4, -0.2) is 20.8 Å². The number of thiophene rings is 1. The highest BCUT2D eigenvalue weighted by Crippen LogP contribution is 2.37. The van der Waals surface area contributed by atoms with Crippen LogP contribution in [0, 0.1) is 12.3 Å². The lowest BCUT2D eigenvalue weighted by Gasteiger charge is -2.35. The van der Waals surface area contributed by atoms with Crippen molar-refractivity contribution >= 4 is 48.9 Å². The van der Waals surface area contributed by atoms with Crippen molar-refractivity contribution in [3.05, 3.63) is 14.7 Å². The number of nitrogens with one attached hydrogen (secondary N) is 1. The summed E-state index contributed by atoms with van der Waals surface area (Å²) >= 11 is 10.9. The van der Waals surface area contributed by atoms with Crippen LogP contribution in [0.5, 0.6) is 0 Å². The van der Waals surface area contributed by atoms with Crippen molar-refractivity contribution in [1.82, 2.24) is 4.72 Å². The number of aryl methyl sites for hydroxylation is 1. The molecule has 1 saturated carbocycles. The molecule has 0 unspecified atom stereocenters. The standard InChI is InChI=1S/C13H19BrClNO2S2/c1-10-11(7-12(14)19-10)20(17,18)16-9-13(8-15)5-3-2-4-6-13/h7,16H,2-6,8-9H2,1H3. The predicted molar refractivity (Wildman–Crippen MR) is 88.2 cm³/mol. The lowest BCUT2D eigenvalue weighted by Crippen LogP contribution is -2.40. The van der Waals surface area contributed by atoms with Crippen molar-refractivity contribution in [2.24, 2.45) is 5.41 Å². The summed E-state index contributed by atoms with van der Waals surface area (Å²) < 4.78 is 28.4. The van der Waals surface area contributed by atoms with Crippen LogP contribution in [0.3, 0.4) is 0 Å². The van der Waals surface area contributed by atoms with Crippen LogP contribution in [0.4, 0.5) is 0 Å². The maximum absolute atomic E-state index is 12.4. The van der Waals surface area contributed by atoms with Gasteiger partial charge in [0.1, 0.15) is 0 Å². The van der Waals surface area contributed by atoms with E-state index in [2.05, 4.69) is 20.7 Å². The third-order valence-electron chi connectivity index (χ3n) is 3.97. The highest BCUT2D eigenvalue weighted by molar-refractivity contribution is 9.11. The minimum atomic E-state index is -3.45. The van der Waals surface area contributed by atoms with Gasteiger partial charge in [-0.15, -0.1) is 22.9 Å². The molecule has 3 nitrogen and oxygen atoms in total. The summed E-state index contributed by atoms with van der Waals surface area (Å²) in [5.41, 5.74) is -0.0754. The molecule has 1 N–H and O–H groups in total. The Morgan fingerprint density at radius 3 is 2.55 bits per heavy atom. The Morgan fingerprint density at radius 2 is 2.05 bits per heavy atom. The Morgan fingerprint density at radius 1 is 1.40 bits per heavy atom. The van der Waals surface area contributed by atoms with E-state index in [-0.39, 0.29) is 5.41 Å². The molecule has 0 radical (unpaired) electrons. The van der Waals surface area contributed by atoms with Gasteiger partial charge in [0.2, 0.25) is 10.0 Å². The number of hydrogen-bond acceptors (Lipinski definition) is 3. The highest BCUT2D eigenvalue weighted by atomic mass is 79.9. The molecule has 20 heavy (non-hydrogen) atoms. The Hall–Kier alpha value is 0.380. The number of sulfonamides is 1. The molecule has 0 amide bonds. The number of alkyl halides is 1. The third-order valence-corrected chi connectivity index (χ3v) is 7.74. The van der Waals surface area contributed by atoms with Crippen LogP contribution in [-0.2, 0) is 10.0 Å². The van der Waals surface area contributed by atoms with Gasteiger partial charge in [-0.1, -0.05) is 19.3 Å². The first-order chi connectivity index (χ1) is 9.38. The van der Waals surface area contributed by atoms with Gasteiger partial charge in [0.05, 0.1) is 8.68 Å². The summed E-state index contributed by atoms with van der Waals surface area (Å²) in [5.74, 6) is 0.516. The second-order valence-corrected chi connectivity index (χ2v) is 10.1. The highest BCUT2D eigenvalue weighted by Gasteiger charge is 2.33. The van der Waals surface area contributed by atoms with E-state index in [4.69, 9.17) is 11.6 Å². The van der Waals surface area contributed by atoms with Crippen molar-refractivity contribution in [1.29, 1.82) is 0 Å². The Balaban J connectivity index is 2.10. The fourth-order valence-electron chi connectivity index (χ4n) is 2.68. The normalized spacial score (nSPS) is 19.1. The van der Waals surface area contributed by atoms with Crippen LogP contribution >= 0.6 is 38.9 Å². The Bertz CT molecular complexity index is 565. The van der Waals surface area contributed by atoms with Gasteiger partial charge in [-0.2, -0.15) is 0 Å². The molecule has 0 spiro atoms. The minimum Gasteiger partial charge on any atom is -0.211 e. The van der Waals surface area contributed by atoms with Gasteiger partial charge in [-0.05, 0) is 47.2 Å². The van der Waals surface area contributed by atoms with Crippen LogP contribution in [0.25, 0.3) is 0 Å². The van der Waals surface area contributed by atoms with Gasteiger partial charge in [-0.3, -0.25) is 0 Å². The van der Waals surface area contributed by atoms with Crippen LogP contribution < -0.4 is 4.72 Å². The molecule has 114 valence electrons. The monoisotopic (exact) mass is 399 g/mol. The lowest BCUT2D eigenvalue weighted by molar-refractivity contribution is 0.223. The maximum Gasteiger partial charge on any atom is 0.241 e. The summed E-state index contributed by atoms with van der Waals surface area (Å²) in [7, 11) is -3.45. The zero-order valence-electron chi connectivity index (χ0n) is 11.4. The molecule has 0 saturated heterocycles. The van der Waals surface area contributed by atoms with E-state index in [0.29, 0.717) is 17.3 Å². The van der Waals surface area contributed by atoms with E-state index >= 15 is 0 Å². The van der Waals surface area contributed by atoms with Gasteiger partial charge in [0.25, 0.3) is 0 Å². The number of hydrogen-bond donors (Lipinski definition) is 1. The maximum atomic E-state index is 12.4. The Kier molecular flexibility index (Phi) is 5.57. The lowest BCUT2D eigenvalue weighted by atomic mass is 9.76. The van der Waals surface area contributed by atoms with E-state index in [9.17, 15) is 8.42 Å². The molecule has 1 fully saturated rings. The molecule has 2 rings (SSSR count). The van der Waals surface area contributed by atoms with Crippen LogP contribution in [0.1, 0.15) is 37.0 Å². The fourth-order valence-corrected chi connectivity index (χ4v) is 6.61. The van der Waals surface area contributed by atoms with E-state index in [1.165, 1.54) is 17.8 Å². The summed E-state index contributed by atoms with van der Waals surface area (Å²) in [6.07, 6.45) is 5.51. The van der Waals surface area contributed by atoms with Crippen LogP contribution in [0.2, 0.25) is 0 Å². The van der Waals surface area contributed by atoms with Crippen molar-refractivity contribution in [2.45, 2.75) is 43.9 Å². The van der Waals surface area contributed by atoms with E-state index in [1.54, 1.807) is 6.07 Å². The summed E-state index contributed by atoms with van der Waals surface area (Å²) in [4.78, 5) is 1.17. The van der Waals surface area contributed by atoms with Crippen molar-refractivity contribution in [3.63, 3.8) is 0 Å². The average Bonchev–Trinajstić information content (AvgIpc) is 2.78. The summed E-state index contributed by atoms with van der Waals surface area (Å²) in [6.45, 7) is 2.26. The first-order valence-corrected chi connectivity index (χ1v) is 10.3. The minimum absolute atomic E-state index is 0.0754. The molecule has 7 heteroatoms. The van der Waals surface area contributed by atoms with Gasteiger partial charge in [-0.25, -0.2) is 13.1 Å². The molecule has 0 aromatic carbocycles. The Labute approximate surface area is 138 Å². The molecular formula is C13H19BrClNO2S2. The molecule has 0 bridgehead atoms. The quantitative estimate of drug-likeness (QED) is 0.750. The molecule has 1 heterocycles. The predicted octanol–water partition coefficient (Wildman–Crippen LogP) is 4.29. The largest absolute Gasteiger partial charge is 0.241 e. The molecule has 0 aliphatic heterocycles. The van der Waals surface area contributed by atoms with Gasteiger partial charge in [0, 0.05) is 17.3 Å². The molecule has 1 aliphatic carbocycles. The molecule has 0 atom stereocenters. The van der Waals surface area contributed by atoms with Gasteiger partial charge < -0.3 is 0 Å². The summed E-state index contributed by atoms with van der Waals surface area (Å²) in [5, 5.41) is 0. The van der Waals surface area contributed by atoms with Crippen LogP contribution in [0.15, 0.2) is 14.7 Å². The number of rotatable bonds is 5. The van der Waals surface area contributed by atoms with E-state index in [1.807, 2.05) is 6.92 Å². The zero-order chi connectivity index (χ0) is 14.8. The topological polar surface area (TPSA) is 46.2 Å². The first kappa shape index (κ1) is 16.7. The number of halogens is 2. The molecule has 1 aliphatic rings. The van der Waals surface area contributed by atoms with Crippen molar-refractivity contribution < 1.29 is 8.42 Å². The second kappa shape index (κ2) is 6.65. The van der Waals surface area contributed by atoms with E-state index in [0.717, 1.165) is 34.3 Å². The molecular weight excluding hydrogens is 382 g/mol. The second-order valence-electron chi connectivity index (χ2n) is 5.49. The van der Waals surface area contributed by atoms with Crippen molar-refractivity contribution in [3.8, 4) is 0 Å². The zero-order valence-corrected chi connectivity index (χ0v) is 15.4. The third kappa shape index (κ3) is 3.77.